The Morgan fingerprint density at radius 2 is 2.27 bits per heavy atom. The Labute approximate surface area is 86.4 Å². The summed E-state index contributed by atoms with van der Waals surface area (Å²) in [5.74, 6) is 0. The van der Waals surface area contributed by atoms with Crippen molar-refractivity contribution in [3.05, 3.63) is 30.7 Å². The van der Waals surface area contributed by atoms with E-state index in [1.807, 2.05) is 18.3 Å². The summed E-state index contributed by atoms with van der Waals surface area (Å²) in [4.78, 5) is 0. The predicted octanol–water partition coefficient (Wildman–Crippen LogP) is -2.85. The normalized spacial score (nSPS) is 8.36. The molecule has 52 valence electrons. The first-order valence-electron chi connectivity index (χ1n) is 2.63. The van der Waals surface area contributed by atoms with E-state index in [2.05, 4.69) is 16.3 Å². The van der Waals surface area contributed by atoms with Gasteiger partial charge in [0.2, 0.25) is 0 Å². The van der Waals surface area contributed by atoms with E-state index in [0.29, 0.717) is 0 Å². The van der Waals surface area contributed by atoms with Crippen LogP contribution in [0.25, 0.3) is 5.65 Å². The Kier molecular flexibility index (Phi) is 4.40. The Morgan fingerprint density at radius 3 is 3.00 bits per heavy atom. The van der Waals surface area contributed by atoms with Crippen molar-refractivity contribution in [3.8, 4) is 0 Å². The summed E-state index contributed by atoms with van der Waals surface area (Å²) < 4.78 is 1.81. The monoisotopic (exact) mass is 177 g/mol. The van der Waals surface area contributed by atoms with Crippen molar-refractivity contribution in [2.45, 2.75) is 0 Å². The van der Waals surface area contributed by atoms with Gasteiger partial charge in [-0.05, 0) is 0 Å². The molecule has 0 amide bonds. The van der Waals surface area contributed by atoms with Crippen LogP contribution in [0.5, 0.6) is 0 Å². The zero-order valence-electron chi connectivity index (χ0n) is 5.74. The second kappa shape index (κ2) is 4.53. The van der Waals surface area contributed by atoms with Crippen LogP contribution < -0.4 is 12.4 Å². The van der Waals surface area contributed by atoms with Crippen molar-refractivity contribution in [2.24, 2.45) is 0 Å². The second-order valence-corrected chi connectivity index (χ2v) is 1.71. The molecule has 0 spiro atoms. The van der Waals surface area contributed by atoms with Crippen LogP contribution in [-0.2, 0) is 0 Å². The first kappa shape index (κ1) is 10.7. The molecule has 11 heavy (non-hydrogen) atoms. The molecule has 2 heterocycles. The molecule has 0 aliphatic carbocycles. The number of halogens is 1. The van der Waals surface area contributed by atoms with Gasteiger partial charge >= 0.3 is 23.1 Å². The topological polar surface area (TPSA) is 30.2 Å². The van der Waals surface area contributed by atoms with Crippen LogP contribution >= 0.6 is 0 Å². The smallest absolute Gasteiger partial charge is 1.00 e. The molecule has 0 bridgehead atoms. The van der Waals surface area contributed by atoms with E-state index in [1.165, 1.54) is 0 Å². The average molecular weight is 178 g/mol. The number of rotatable bonds is 0. The zero-order valence-corrected chi connectivity index (χ0v) is 7.91. The van der Waals surface area contributed by atoms with Gasteiger partial charge in [0, 0.05) is 0 Å². The van der Waals surface area contributed by atoms with Gasteiger partial charge in [-0.1, -0.05) is 6.20 Å². The number of aromatic nitrogens is 3. The summed E-state index contributed by atoms with van der Waals surface area (Å²) in [6, 6.07) is 6.61. The quantitative estimate of drug-likeness (QED) is 0.321. The summed E-state index contributed by atoms with van der Waals surface area (Å²) in [5.41, 5.74) is 0.762. The number of fused-ring (bicyclic) bond motifs is 1. The van der Waals surface area contributed by atoms with Gasteiger partial charge in [-0.15, -0.1) is 5.10 Å². The van der Waals surface area contributed by atoms with Crippen LogP contribution in [0.15, 0.2) is 24.7 Å². The molecule has 5 heteroatoms. The van der Waals surface area contributed by atoms with E-state index in [1.54, 1.807) is 10.7 Å². The molecule has 0 saturated heterocycles. The minimum absolute atomic E-state index is 0. The molecule has 0 atom stereocenters. The molecule has 0 aromatic carbocycles. The van der Waals surface area contributed by atoms with E-state index in [4.69, 9.17) is 0 Å². The third-order valence-corrected chi connectivity index (χ3v) is 1.13. The van der Waals surface area contributed by atoms with Crippen LogP contribution in [0, 0.1) is 6.07 Å². The largest absolute Gasteiger partial charge is 2.00 e. The van der Waals surface area contributed by atoms with Crippen molar-refractivity contribution in [3.63, 3.8) is 0 Å². The van der Waals surface area contributed by atoms with Crippen molar-refractivity contribution >= 4 is 28.7 Å². The summed E-state index contributed by atoms with van der Waals surface area (Å²) in [6.07, 6.45) is 3.53. The molecule has 2 aromatic rings. The van der Waals surface area contributed by atoms with Gasteiger partial charge in [0.1, 0.15) is 6.33 Å². The predicted molar refractivity (Wildman–Crippen MR) is 37.6 cm³/mol. The maximum Gasteiger partial charge on any atom is 2.00 e. The standard InChI is InChI=1S/C6H4N3.ClH.Mg/c1-2-4-9-5-7-8-6(9)3-1;;/h1-2,4-5H;1H;/q-1;;+2/p-1. The molecule has 2 aromatic heterocycles. The van der Waals surface area contributed by atoms with Gasteiger partial charge in [-0.25, -0.2) is 12.1 Å². The summed E-state index contributed by atoms with van der Waals surface area (Å²) in [7, 11) is 0. The van der Waals surface area contributed by atoms with Crippen molar-refractivity contribution < 1.29 is 12.4 Å². The number of hydrogen-bond acceptors (Lipinski definition) is 2. The first-order chi connectivity index (χ1) is 4.47. The summed E-state index contributed by atoms with van der Waals surface area (Å²) in [6.45, 7) is 0. The van der Waals surface area contributed by atoms with Gasteiger partial charge in [-0.3, -0.25) is 0 Å². The summed E-state index contributed by atoms with van der Waals surface area (Å²) in [5, 5.41) is 7.46. The number of pyridine rings is 1. The van der Waals surface area contributed by atoms with Crippen molar-refractivity contribution in [1.82, 2.24) is 14.6 Å². The van der Waals surface area contributed by atoms with Gasteiger partial charge in [-0.2, -0.15) is 11.2 Å². The minimum atomic E-state index is 0. The minimum Gasteiger partial charge on any atom is -1.00 e. The third kappa shape index (κ3) is 2.05. The van der Waals surface area contributed by atoms with E-state index in [0.717, 1.165) is 5.65 Å². The van der Waals surface area contributed by atoms with E-state index < -0.39 is 0 Å². The van der Waals surface area contributed by atoms with Crippen molar-refractivity contribution in [2.75, 3.05) is 0 Å². The maximum atomic E-state index is 3.78. The van der Waals surface area contributed by atoms with E-state index >= 15 is 0 Å². The Bertz CT molecular complexity index is 292. The second-order valence-electron chi connectivity index (χ2n) is 1.71. The molecule has 0 N–H and O–H groups in total. The molecule has 0 radical (unpaired) electrons. The Morgan fingerprint density at radius 1 is 1.45 bits per heavy atom. The molecular weight excluding hydrogens is 174 g/mol. The third-order valence-electron chi connectivity index (χ3n) is 1.13. The van der Waals surface area contributed by atoms with Crippen LogP contribution in [0.4, 0.5) is 0 Å². The SMILES string of the molecule is [Cl-].[Mg+2].[c-]1cccn2cnnc12. The molecule has 0 saturated carbocycles. The van der Waals surface area contributed by atoms with Gasteiger partial charge in [0.15, 0.2) is 0 Å². The number of hydrogen-bond donors (Lipinski definition) is 0. The first-order valence-corrected chi connectivity index (χ1v) is 2.63. The molecule has 0 unspecified atom stereocenters. The van der Waals surface area contributed by atoms with Crippen molar-refractivity contribution in [1.29, 1.82) is 0 Å². The van der Waals surface area contributed by atoms with Crippen LogP contribution in [0.1, 0.15) is 0 Å². The molecule has 2 rings (SSSR count). The van der Waals surface area contributed by atoms with E-state index in [-0.39, 0.29) is 35.5 Å². The van der Waals surface area contributed by atoms with Gasteiger partial charge < -0.3 is 16.8 Å². The van der Waals surface area contributed by atoms with Crippen LogP contribution in [0.3, 0.4) is 0 Å². The van der Waals surface area contributed by atoms with Gasteiger partial charge in [0.05, 0.1) is 5.65 Å². The van der Waals surface area contributed by atoms with Gasteiger partial charge in [0.25, 0.3) is 0 Å². The molecule has 0 aliphatic rings. The molecule has 0 fully saturated rings. The fourth-order valence-electron chi connectivity index (χ4n) is 0.713. The Hall–Kier alpha value is -0.324. The molecule has 3 nitrogen and oxygen atoms in total. The molecular formula is C6H4ClMgN3. The maximum absolute atomic E-state index is 3.78. The van der Waals surface area contributed by atoms with E-state index in [9.17, 15) is 0 Å². The average Bonchev–Trinajstić information content (AvgIpc) is 2.33. The van der Waals surface area contributed by atoms with Crippen LogP contribution in [-0.4, -0.2) is 37.7 Å². The zero-order chi connectivity index (χ0) is 6.10. The fourth-order valence-corrected chi connectivity index (χ4v) is 0.713. The Balaban J connectivity index is 0.000000500. The van der Waals surface area contributed by atoms with Crippen LogP contribution in [0.2, 0.25) is 0 Å². The fraction of sp³-hybridized carbons (Fsp3) is 0. The number of nitrogens with zero attached hydrogens (tertiary/aromatic N) is 3. The molecule has 0 aliphatic heterocycles. The summed E-state index contributed by atoms with van der Waals surface area (Å²) >= 11 is 0.